The molecule has 1 aromatic heterocycles. The van der Waals surface area contributed by atoms with Crippen LogP contribution in [0.1, 0.15) is 49.2 Å². The highest BCUT2D eigenvalue weighted by atomic mass is 32.1. The van der Waals surface area contributed by atoms with Crippen LogP contribution in [0.4, 0.5) is 5.00 Å². The first-order valence-corrected chi connectivity index (χ1v) is 10.5. The van der Waals surface area contributed by atoms with Gasteiger partial charge in [0.15, 0.2) is 0 Å². The highest BCUT2D eigenvalue weighted by Gasteiger charge is 2.23. The fraction of sp³-hybridized carbons (Fsp3) is 0.208. The maximum atomic E-state index is 13.0. The van der Waals surface area contributed by atoms with Crippen LogP contribution in [0.2, 0.25) is 0 Å². The number of benzene rings is 2. The number of carbonyl (C=O) groups excluding carboxylic acids is 2. The molecule has 0 aliphatic heterocycles. The zero-order valence-electron chi connectivity index (χ0n) is 16.9. The van der Waals surface area contributed by atoms with Crippen molar-refractivity contribution in [2.45, 2.75) is 26.7 Å². The van der Waals surface area contributed by atoms with E-state index in [1.54, 1.807) is 19.9 Å². The SMILES string of the molecule is CCOC(=O)c1sc(NC(=O)c2ccccc2CCc2ccccc2)c(C#N)c1C. The molecule has 3 aromatic rings. The van der Waals surface area contributed by atoms with Gasteiger partial charge in [0.1, 0.15) is 15.9 Å². The molecular weight excluding hydrogens is 396 g/mol. The zero-order valence-corrected chi connectivity index (χ0v) is 17.7. The van der Waals surface area contributed by atoms with Gasteiger partial charge >= 0.3 is 5.97 Å². The Bertz CT molecular complexity index is 1100. The number of thiophene rings is 1. The lowest BCUT2D eigenvalue weighted by molar-refractivity contribution is 0.0531. The highest BCUT2D eigenvalue weighted by molar-refractivity contribution is 7.18. The Morgan fingerprint density at radius 3 is 2.47 bits per heavy atom. The normalized spacial score (nSPS) is 10.3. The van der Waals surface area contributed by atoms with Crippen molar-refractivity contribution in [1.29, 1.82) is 5.26 Å². The van der Waals surface area contributed by atoms with E-state index in [2.05, 4.69) is 23.5 Å². The molecule has 0 unspecified atom stereocenters. The fourth-order valence-electron chi connectivity index (χ4n) is 3.18. The number of carbonyl (C=O) groups is 2. The number of nitrogens with zero attached hydrogens (tertiary/aromatic N) is 1. The van der Waals surface area contributed by atoms with Gasteiger partial charge < -0.3 is 10.1 Å². The summed E-state index contributed by atoms with van der Waals surface area (Å²) in [5, 5.41) is 12.7. The molecule has 2 aromatic carbocycles. The van der Waals surface area contributed by atoms with E-state index in [-0.39, 0.29) is 18.1 Å². The van der Waals surface area contributed by atoms with Crippen molar-refractivity contribution < 1.29 is 14.3 Å². The maximum Gasteiger partial charge on any atom is 0.348 e. The van der Waals surface area contributed by atoms with Crippen LogP contribution in [-0.4, -0.2) is 18.5 Å². The van der Waals surface area contributed by atoms with E-state index in [0.717, 1.165) is 29.7 Å². The molecule has 0 saturated carbocycles. The number of aryl methyl sites for hydroxylation is 2. The molecule has 0 aliphatic carbocycles. The van der Waals surface area contributed by atoms with Crippen molar-refractivity contribution in [3.05, 3.63) is 87.3 Å². The average molecular weight is 419 g/mol. The number of amides is 1. The fourth-order valence-corrected chi connectivity index (χ4v) is 4.23. The van der Waals surface area contributed by atoms with E-state index < -0.39 is 5.97 Å². The second-order valence-corrected chi connectivity index (χ2v) is 7.71. The first kappa shape index (κ1) is 21.3. The molecule has 0 radical (unpaired) electrons. The number of esters is 1. The molecule has 1 heterocycles. The minimum Gasteiger partial charge on any atom is -0.462 e. The molecule has 30 heavy (non-hydrogen) atoms. The van der Waals surface area contributed by atoms with E-state index in [9.17, 15) is 14.9 Å². The van der Waals surface area contributed by atoms with Gasteiger partial charge in [0.2, 0.25) is 0 Å². The van der Waals surface area contributed by atoms with E-state index in [1.807, 2.05) is 36.4 Å². The molecule has 0 aliphatic rings. The van der Waals surface area contributed by atoms with Gasteiger partial charge in [-0.15, -0.1) is 11.3 Å². The van der Waals surface area contributed by atoms with Gasteiger partial charge in [0, 0.05) is 5.56 Å². The van der Waals surface area contributed by atoms with Crippen LogP contribution >= 0.6 is 11.3 Å². The van der Waals surface area contributed by atoms with Gasteiger partial charge in [-0.25, -0.2) is 4.79 Å². The van der Waals surface area contributed by atoms with Crippen LogP contribution in [0.5, 0.6) is 0 Å². The van der Waals surface area contributed by atoms with Crippen LogP contribution in [-0.2, 0) is 17.6 Å². The monoisotopic (exact) mass is 418 g/mol. The van der Waals surface area contributed by atoms with Crippen LogP contribution in [0.25, 0.3) is 0 Å². The third-order valence-electron chi connectivity index (χ3n) is 4.73. The van der Waals surface area contributed by atoms with Crippen LogP contribution in [0, 0.1) is 18.3 Å². The Balaban J connectivity index is 1.82. The minimum atomic E-state index is -0.486. The molecule has 0 fully saturated rings. The van der Waals surface area contributed by atoms with E-state index in [1.165, 1.54) is 5.56 Å². The summed E-state index contributed by atoms with van der Waals surface area (Å²) in [5.74, 6) is -0.785. The minimum absolute atomic E-state index is 0.245. The lowest BCUT2D eigenvalue weighted by Crippen LogP contribution is -2.14. The van der Waals surface area contributed by atoms with Gasteiger partial charge in [0.25, 0.3) is 5.91 Å². The Labute approximate surface area is 179 Å². The van der Waals surface area contributed by atoms with Crippen molar-refractivity contribution in [3.8, 4) is 6.07 Å². The van der Waals surface area contributed by atoms with Crippen LogP contribution < -0.4 is 5.32 Å². The predicted molar refractivity (Wildman–Crippen MR) is 118 cm³/mol. The second kappa shape index (κ2) is 9.86. The number of ether oxygens (including phenoxy) is 1. The van der Waals surface area contributed by atoms with Crippen molar-refractivity contribution in [1.82, 2.24) is 0 Å². The van der Waals surface area contributed by atoms with E-state index in [0.29, 0.717) is 21.0 Å². The molecule has 3 rings (SSSR count). The Hall–Kier alpha value is -3.43. The molecule has 5 nitrogen and oxygen atoms in total. The van der Waals surface area contributed by atoms with E-state index in [4.69, 9.17) is 4.74 Å². The van der Waals surface area contributed by atoms with Gasteiger partial charge in [-0.05, 0) is 49.4 Å². The first-order valence-electron chi connectivity index (χ1n) is 9.69. The van der Waals surface area contributed by atoms with Gasteiger partial charge in [-0.2, -0.15) is 5.26 Å². The predicted octanol–water partition coefficient (Wildman–Crippen LogP) is 5.14. The number of hydrogen-bond acceptors (Lipinski definition) is 5. The molecule has 0 atom stereocenters. The van der Waals surface area contributed by atoms with Crippen LogP contribution in [0.3, 0.4) is 0 Å². The summed E-state index contributed by atoms with van der Waals surface area (Å²) < 4.78 is 5.05. The summed E-state index contributed by atoms with van der Waals surface area (Å²) in [6.07, 6.45) is 1.54. The van der Waals surface area contributed by atoms with Crippen LogP contribution in [0.15, 0.2) is 54.6 Å². The Kier molecular flexibility index (Phi) is 6.99. The van der Waals surface area contributed by atoms with Gasteiger partial charge in [0.05, 0.1) is 12.2 Å². The molecule has 1 amide bonds. The number of nitrogens with one attached hydrogen (secondary N) is 1. The third-order valence-corrected chi connectivity index (χ3v) is 5.92. The lowest BCUT2D eigenvalue weighted by atomic mass is 9.99. The second-order valence-electron chi connectivity index (χ2n) is 6.69. The van der Waals surface area contributed by atoms with Crippen molar-refractivity contribution in [2.75, 3.05) is 11.9 Å². The van der Waals surface area contributed by atoms with Gasteiger partial charge in [-0.3, -0.25) is 4.79 Å². The van der Waals surface area contributed by atoms with Gasteiger partial charge in [-0.1, -0.05) is 48.5 Å². The number of hydrogen-bond donors (Lipinski definition) is 1. The topological polar surface area (TPSA) is 79.2 Å². The molecule has 0 bridgehead atoms. The quantitative estimate of drug-likeness (QED) is 0.539. The molecular formula is C24H22N2O3S. The summed E-state index contributed by atoms with van der Waals surface area (Å²) in [7, 11) is 0. The maximum absolute atomic E-state index is 13.0. The van der Waals surface area contributed by atoms with Crippen molar-refractivity contribution in [2.24, 2.45) is 0 Å². The molecule has 6 heteroatoms. The number of anilines is 1. The average Bonchev–Trinajstić information content (AvgIpc) is 3.08. The van der Waals surface area contributed by atoms with E-state index >= 15 is 0 Å². The summed E-state index contributed by atoms with van der Waals surface area (Å²) in [4.78, 5) is 25.5. The highest BCUT2D eigenvalue weighted by Crippen LogP contribution is 2.33. The van der Waals surface area contributed by atoms with Crippen molar-refractivity contribution >= 4 is 28.2 Å². The molecule has 0 saturated heterocycles. The Morgan fingerprint density at radius 2 is 1.77 bits per heavy atom. The molecule has 0 spiro atoms. The summed E-state index contributed by atoms with van der Waals surface area (Å²) >= 11 is 1.07. The molecule has 152 valence electrons. The summed E-state index contributed by atoms with van der Waals surface area (Å²) in [6, 6.07) is 19.6. The summed E-state index contributed by atoms with van der Waals surface area (Å²) in [6.45, 7) is 3.65. The zero-order chi connectivity index (χ0) is 21.5. The number of nitriles is 1. The first-order chi connectivity index (χ1) is 14.5. The summed E-state index contributed by atoms with van der Waals surface area (Å²) in [5.41, 5.74) is 3.50. The van der Waals surface area contributed by atoms with Crippen molar-refractivity contribution in [3.63, 3.8) is 0 Å². The Morgan fingerprint density at radius 1 is 1.07 bits per heavy atom. The third kappa shape index (κ3) is 4.76. The molecule has 1 N–H and O–H groups in total. The largest absolute Gasteiger partial charge is 0.462 e. The standard InChI is InChI=1S/C24H22N2O3S/c1-3-29-24(28)21-16(2)20(15-25)23(30-21)26-22(27)19-12-8-7-11-18(19)14-13-17-9-5-4-6-10-17/h4-12H,3,13-14H2,1-2H3,(H,26,27). The smallest absolute Gasteiger partial charge is 0.348 e. The number of rotatable bonds is 7. The lowest BCUT2D eigenvalue weighted by Gasteiger charge is -2.10.